The van der Waals surface area contributed by atoms with Crippen molar-refractivity contribution in [2.24, 2.45) is 11.3 Å². The van der Waals surface area contributed by atoms with E-state index in [1.807, 2.05) is 13.8 Å². The van der Waals surface area contributed by atoms with Crippen LogP contribution >= 0.6 is 0 Å². The Kier molecular flexibility index (Phi) is 3.17. The molecule has 14 heavy (non-hydrogen) atoms. The predicted octanol–water partition coefficient (Wildman–Crippen LogP) is 0.487. The molecule has 1 amide bonds. The van der Waals surface area contributed by atoms with Gasteiger partial charge in [-0.15, -0.1) is 12.3 Å². The highest BCUT2D eigenvalue weighted by Crippen LogP contribution is 2.22. The Bertz CT molecular complexity index is 265. The minimum Gasteiger partial charge on any atom is -0.396 e. The minimum atomic E-state index is -0.237. The van der Waals surface area contributed by atoms with Crippen LogP contribution in [0.1, 0.15) is 20.3 Å². The number of nitrogens with zero attached hydrogens (tertiary/aromatic N) is 1. The van der Waals surface area contributed by atoms with Gasteiger partial charge in [-0.1, -0.05) is 13.8 Å². The number of hydrogen-bond acceptors (Lipinski definition) is 2. The first-order valence-electron chi connectivity index (χ1n) is 4.83. The van der Waals surface area contributed by atoms with E-state index in [2.05, 4.69) is 5.92 Å². The number of likely N-dealkylation sites (tertiary alicyclic amines) is 1. The maximum Gasteiger partial charge on any atom is 0.223 e. The number of aliphatic hydroxyl groups excluding tert-OH is 1. The molecule has 0 aliphatic carbocycles. The van der Waals surface area contributed by atoms with Gasteiger partial charge in [0.15, 0.2) is 0 Å². The molecule has 1 fully saturated rings. The van der Waals surface area contributed by atoms with Crippen LogP contribution in [0.2, 0.25) is 0 Å². The largest absolute Gasteiger partial charge is 0.396 e. The van der Waals surface area contributed by atoms with Crippen LogP contribution in [-0.2, 0) is 4.79 Å². The van der Waals surface area contributed by atoms with Crippen LogP contribution in [0, 0.1) is 23.7 Å². The van der Waals surface area contributed by atoms with Crippen molar-refractivity contribution in [3.63, 3.8) is 0 Å². The van der Waals surface area contributed by atoms with Gasteiger partial charge in [-0.3, -0.25) is 4.79 Å². The molecule has 1 aliphatic rings. The molecule has 1 heterocycles. The second-order valence-corrected chi connectivity index (χ2v) is 4.66. The molecule has 0 spiro atoms. The second kappa shape index (κ2) is 4.02. The number of terminal acetylenes is 1. The fourth-order valence-electron chi connectivity index (χ4n) is 1.60. The van der Waals surface area contributed by atoms with E-state index in [1.165, 1.54) is 0 Å². The molecule has 0 saturated carbocycles. The fourth-order valence-corrected chi connectivity index (χ4v) is 1.60. The van der Waals surface area contributed by atoms with Crippen LogP contribution in [0.25, 0.3) is 0 Å². The lowest BCUT2D eigenvalue weighted by Gasteiger charge is -2.28. The second-order valence-electron chi connectivity index (χ2n) is 4.66. The topological polar surface area (TPSA) is 40.5 Å². The van der Waals surface area contributed by atoms with E-state index in [4.69, 9.17) is 11.5 Å². The monoisotopic (exact) mass is 195 g/mol. The molecule has 0 aromatic carbocycles. The van der Waals surface area contributed by atoms with Gasteiger partial charge >= 0.3 is 0 Å². The van der Waals surface area contributed by atoms with E-state index in [-0.39, 0.29) is 23.8 Å². The van der Waals surface area contributed by atoms with Crippen LogP contribution in [0.4, 0.5) is 0 Å². The Morgan fingerprint density at radius 3 is 2.79 bits per heavy atom. The smallest absolute Gasteiger partial charge is 0.223 e. The lowest BCUT2D eigenvalue weighted by atomic mass is 9.94. The van der Waals surface area contributed by atoms with E-state index in [0.717, 1.165) is 0 Å². The maximum absolute atomic E-state index is 11.5. The van der Waals surface area contributed by atoms with Crippen LogP contribution in [0.15, 0.2) is 0 Å². The Morgan fingerprint density at radius 1 is 1.71 bits per heavy atom. The van der Waals surface area contributed by atoms with Gasteiger partial charge in [0, 0.05) is 37.5 Å². The van der Waals surface area contributed by atoms with Crippen LogP contribution in [0.5, 0.6) is 0 Å². The third-order valence-corrected chi connectivity index (χ3v) is 2.50. The van der Waals surface area contributed by atoms with Gasteiger partial charge in [-0.25, -0.2) is 0 Å². The zero-order valence-electron chi connectivity index (χ0n) is 8.79. The zero-order chi connectivity index (χ0) is 10.8. The van der Waals surface area contributed by atoms with Gasteiger partial charge < -0.3 is 10.0 Å². The number of carbonyl (C=O) groups excluding carboxylic acids is 1. The third-order valence-electron chi connectivity index (χ3n) is 2.50. The van der Waals surface area contributed by atoms with Crippen molar-refractivity contribution < 1.29 is 9.90 Å². The number of rotatable bonds is 3. The molecule has 1 N–H and O–H groups in total. The maximum atomic E-state index is 11.5. The quantitative estimate of drug-likeness (QED) is 0.666. The van der Waals surface area contributed by atoms with E-state index < -0.39 is 0 Å². The molecule has 3 heteroatoms. The molecule has 1 aliphatic heterocycles. The molecule has 1 saturated heterocycles. The molecule has 0 bridgehead atoms. The summed E-state index contributed by atoms with van der Waals surface area (Å²) in [6, 6.07) is 0. The molecule has 0 radical (unpaired) electrons. The average Bonchev–Trinajstić information content (AvgIpc) is 2.47. The summed E-state index contributed by atoms with van der Waals surface area (Å²) in [7, 11) is 0. The summed E-state index contributed by atoms with van der Waals surface area (Å²) >= 11 is 0. The standard InChI is InChI=1S/C11H17NO2/c1-4-9-5-10(14)12(6-9)7-11(2,3)8-13/h1,9,13H,5-8H2,2-3H3. The van der Waals surface area contributed by atoms with E-state index in [9.17, 15) is 4.79 Å². The Balaban J connectivity index is 2.56. The van der Waals surface area contributed by atoms with Crippen molar-refractivity contribution in [2.45, 2.75) is 20.3 Å². The third kappa shape index (κ3) is 2.49. The molecular weight excluding hydrogens is 178 g/mol. The number of hydrogen-bond donors (Lipinski definition) is 1. The van der Waals surface area contributed by atoms with Gasteiger partial charge in [-0.05, 0) is 0 Å². The molecular formula is C11H17NO2. The van der Waals surface area contributed by atoms with Gasteiger partial charge in [0.05, 0.1) is 0 Å². The van der Waals surface area contributed by atoms with Crippen LogP contribution < -0.4 is 0 Å². The zero-order valence-corrected chi connectivity index (χ0v) is 8.79. The molecule has 1 rings (SSSR count). The Hall–Kier alpha value is -1.01. The number of aliphatic hydroxyl groups is 1. The highest BCUT2D eigenvalue weighted by atomic mass is 16.3. The first-order valence-corrected chi connectivity index (χ1v) is 4.83. The lowest BCUT2D eigenvalue weighted by molar-refractivity contribution is -0.129. The van der Waals surface area contributed by atoms with Gasteiger partial charge in [0.25, 0.3) is 0 Å². The van der Waals surface area contributed by atoms with Crippen LogP contribution in [-0.4, -0.2) is 35.6 Å². The van der Waals surface area contributed by atoms with Crippen molar-refractivity contribution in [3.05, 3.63) is 0 Å². The highest BCUT2D eigenvalue weighted by molar-refractivity contribution is 5.79. The minimum absolute atomic E-state index is 0.0528. The van der Waals surface area contributed by atoms with Gasteiger partial charge in [0.2, 0.25) is 5.91 Å². The molecule has 0 aromatic rings. The Labute approximate surface area is 85.1 Å². The SMILES string of the molecule is C#CC1CC(=O)N(CC(C)(C)CO)C1. The molecule has 0 aromatic heterocycles. The summed E-state index contributed by atoms with van der Waals surface area (Å²) in [5.74, 6) is 2.76. The molecule has 1 atom stereocenters. The molecule has 3 nitrogen and oxygen atoms in total. The van der Waals surface area contributed by atoms with Crippen molar-refractivity contribution in [3.8, 4) is 12.3 Å². The summed E-state index contributed by atoms with van der Waals surface area (Å²) in [6.45, 7) is 5.17. The number of carbonyl (C=O) groups is 1. The normalized spacial score (nSPS) is 22.6. The van der Waals surface area contributed by atoms with Gasteiger partial charge in [-0.2, -0.15) is 0 Å². The van der Waals surface area contributed by atoms with E-state index >= 15 is 0 Å². The average molecular weight is 195 g/mol. The van der Waals surface area contributed by atoms with E-state index in [0.29, 0.717) is 19.5 Å². The summed E-state index contributed by atoms with van der Waals surface area (Å²) in [5, 5.41) is 9.09. The summed E-state index contributed by atoms with van der Waals surface area (Å²) in [5.41, 5.74) is -0.237. The van der Waals surface area contributed by atoms with Gasteiger partial charge in [0.1, 0.15) is 0 Å². The highest BCUT2D eigenvalue weighted by Gasteiger charge is 2.32. The number of amides is 1. The van der Waals surface area contributed by atoms with E-state index in [1.54, 1.807) is 4.90 Å². The summed E-state index contributed by atoms with van der Waals surface area (Å²) in [6.07, 6.45) is 5.73. The fraction of sp³-hybridized carbons (Fsp3) is 0.727. The van der Waals surface area contributed by atoms with Crippen molar-refractivity contribution in [1.29, 1.82) is 0 Å². The summed E-state index contributed by atoms with van der Waals surface area (Å²) < 4.78 is 0. The first-order chi connectivity index (χ1) is 6.48. The van der Waals surface area contributed by atoms with Crippen LogP contribution in [0.3, 0.4) is 0 Å². The van der Waals surface area contributed by atoms with Crippen molar-refractivity contribution in [2.75, 3.05) is 19.7 Å². The lowest BCUT2D eigenvalue weighted by Crippen LogP contribution is -2.37. The first kappa shape index (κ1) is 11.1. The predicted molar refractivity (Wildman–Crippen MR) is 54.4 cm³/mol. The van der Waals surface area contributed by atoms with Crippen molar-refractivity contribution in [1.82, 2.24) is 4.90 Å². The molecule has 1 unspecified atom stereocenters. The van der Waals surface area contributed by atoms with Crippen molar-refractivity contribution >= 4 is 5.91 Å². The Morgan fingerprint density at radius 2 is 2.36 bits per heavy atom. The summed E-state index contributed by atoms with van der Waals surface area (Å²) in [4.78, 5) is 13.2. The molecule has 78 valence electrons.